The van der Waals surface area contributed by atoms with Crippen molar-refractivity contribution in [3.05, 3.63) is 35.9 Å². The van der Waals surface area contributed by atoms with Crippen LogP contribution < -0.4 is 5.32 Å². The molecule has 1 aromatic rings. The average molecular weight is 370 g/mol. The monoisotopic (exact) mass is 369 g/mol. The highest BCUT2D eigenvalue weighted by Crippen LogP contribution is 2.61. The molecule has 3 atom stereocenters. The molecule has 148 valence electrons. The third-order valence-electron chi connectivity index (χ3n) is 8.09. The summed E-state index contributed by atoms with van der Waals surface area (Å²) in [6.07, 6.45) is 3.91. The van der Waals surface area contributed by atoms with E-state index in [4.69, 9.17) is 0 Å². The molecule has 4 rings (SSSR count). The number of carbonyl (C=O) groups is 1. The first-order chi connectivity index (χ1) is 12.9. The van der Waals surface area contributed by atoms with Gasteiger partial charge in [0.25, 0.3) is 0 Å². The minimum Gasteiger partial charge on any atom is -0.349 e. The lowest BCUT2D eigenvalue weighted by atomic mass is 9.64. The summed E-state index contributed by atoms with van der Waals surface area (Å²) in [5.74, 6) is 1.65. The Bertz CT molecular complexity index is 665. The molecule has 2 saturated carbocycles. The number of carbonyl (C=O) groups excluding carboxylic acids is 1. The SMILES string of the molecule is CC1(C)[C@H]2CC[C@@H](C2)[C@@]1(C)NC(=O)CN1CCN(Cc2ccccc2)CC1. The summed E-state index contributed by atoms with van der Waals surface area (Å²) in [7, 11) is 0. The number of nitrogens with zero attached hydrogens (tertiary/aromatic N) is 2. The molecule has 0 aromatic heterocycles. The van der Waals surface area contributed by atoms with Crippen LogP contribution in [0, 0.1) is 17.3 Å². The lowest BCUT2D eigenvalue weighted by molar-refractivity contribution is -0.127. The Morgan fingerprint density at radius 3 is 2.26 bits per heavy atom. The van der Waals surface area contributed by atoms with Crippen LogP contribution in [0.15, 0.2) is 30.3 Å². The Kier molecular flexibility index (Phi) is 5.06. The van der Waals surface area contributed by atoms with Gasteiger partial charge in [-0.05, 0) is 49.0 Å². The Morgan fingerprint density at radius 2 is 1.63 bits per heavy atom. The van der Waals surface area contributed by atoms with Gasteiger partial charge in [-0.25, -0.2) is 0 Å². The van der Waals surface area contributed by atoms with E-state index in [1.165, 1.54) is 24.8 Å². The maximum Gasteiger partial charge on any atom is 0.234 e. The zero-order valence-corrected chi connectivity index (χ0v) is 17.2. The summed E-state index contributed by atoms with van der Waals surface area (Å²) < 4.78 is 0. The van der Waals surface area contributed by atoms with Crippen molar-refractivity contribution in [1.29, 1.82) is 0 Å². The molecule has 0 radical (unpaired) electrons. The van der Waals surface area contributed by atoms with E-state index in [1.807, 2.05) is 0 Å². The molecule has 3 fully saturated rings. The van der Waals surface area contributed by atoms with Crippen molar-refractivity contribution >= 4 is 5.91 Å². The highest BCUT2D eigenvalue weighted by atomic mass is 16.2. The summed E-state index contributed by atoms with van der Waals surface area (Å²) in [4.78, 5) is 17.7. The number of nitrogens with one attached hydrogen (secondary N) is 1. The molecule has 4 nitrogen and oxygen atoms in total. The molecule has 4 heteroatoms. The number of amides is 1. The van der Waals surface area contributed by atoms with Crippen LogP contribution in [0.5, 0.6) is 0 Å². The molecular formula is C23H35N3O. The molecule has 1 aromatic carbocycles. The van der Waals surface area contributed by atoms with Crippen molar-refractivity contribution in [2.24, 2.45) is 17.3 Å². The van der Waals surface area contributed by atoms with Crippen molar-refractivity contribution in [2.75, 3.05) is 32.7 Å². The van der Waals surface area contributed by atoms with Crippen molar-refractivity contribution in [2.45, 2.75) is 52.1 Å². The van der Waals surface area contributed by atoms with Gasteiger partial charge in [0.2, 0.25) is 5.91 Å². The lowest BCUT2D eigenvalue weighted by Gasteiger charge is -2.48. The molecule has 1 heterocycles. The second-order valence-corrected chi connectivity index (χ2v) is 9.72. The van der Waals surface area contributed by atoms with Gasteiger partial charge in [-0.1, -0.05) is 44.2 Å². The topological polar surface area (TPSA) is 35.6 Å². The fraction of sp³-hybridized carbons (Fsp3) is 0.696. The van der Waals surface area contributed by atoms with Gasteiger partial charge >= 0.3 is 0 Å². The van der Waals surface area contributed by atoms with Crippen molar-refractivity contribution < 1.29 is 4.79 Å². The molecule has 1 N–H and O–H groups in total. The molecule has 1 aliphatic heterocycles. The van der Waals surface area contributed by atoms with Gasteiger partial charge < -0.3 is 5.32 Å². The minimum absolute atomic E-state index is 0.0396. The van der Waals surface area contributed by atoms with E-state index < -0.39 is 0 Å². The number of hydrogen-bond acceptors (Lipinski definition) is 3. The van der Waals surface area contributed by atoms with Crippen molar-refractivity contribution in [1.82, 2.24) is 15.1 Å². The standard InChI is InChI=1S/C23H35N3O/c1-22(2)19-9-10-20(15-19)23(22,3)24-21(27)17-26-13-11-25(12-14-26)16-18-7-5-4-6-8-18/h4-8,19-20H,9-17H2,1-3H3,(H,24,27)/t19-,20-,23+/m0/s1. The average Bonchev–Trinajstić information content (AvgIpc) is 3.20. The number of hydrogen-bond donors (Lipinski definition) is 1. The third kappa shape index (κ3) is 3.54. The van der Waals surface area contributed by atoms with Crippen LogP contribution in [-0.4, -0.2) is 54.0 Å². The van der Waals surface area contributed by atoms with E-state index in [-0.39, 0.29) is 16.9 Å². The molecule has 1 saturated heterocycles. The highest BCUT2D eigenvalue weighted by molar-refractivity contribution is 5.79. The second kappa shape index (κ2) is 7.21. The molecule has 0 spiro atoms. The van der Waals surface area contributed by atoms with Gasteiger partial charge in [0.15, 0.2) is 0 Å². The Hall–Kier alpha value is -1.39. The first-order valence-corrected chi connectivity index (χ1v) is 10.7. The van der Waals surface area contributed by atoms with Crippen molar-refractivity contribution in [3.8, 4) is 0 Å². The van der Waals surface area contributed by atoms with E-state index in [1.54, 1.807) is 0 Å². The number of rotatable bonds is 5. The fourth-order valence-corrected chi connectivity index (χ4v) is 5.85. The van der Waals surface area contributed by atoms with Gasteiger partial charge in [-0.15, -0.1) is 0 Å². The summed E-state index contributed by atoms with van der Waals surface area (Å²) in [6, 6.07) is 10.7. The van der Waals surface area contributed by atoms with Crippen LogP contribution in [0.3, 0.4) is 0 Å². The predicted molar refractivity (Wildman–Crippen MR) is 109 cm³/mol. The van der Waals surface area contributed by atoms with E-state index in [0.717, 1.165) is 38.6 Å². The minimum atomic E-state index is -0.0396. The van der Waals surface area contributed by atoms with E-state index >= 15 is 0 Å². The number of piperazine rings is 1. The Labute approximate surface area is 164 Å². The predicted octanol–water partition coefficient (Wildman–Crippen LogP) is 3.14. The number of benzene rings is 1. The Morgan fingerprint density at radius 1 is 1.00 bits per heavy atom. The summed E-state index contributed by atoms with van der Waals surface area (Å²) in [5, 5.41) is 3.48. The first-order valence-electron chi connectivity index (χ1n) is 10.7. The van der Waals surface area contributed by atoms with Crippen LogP contribution >= 0.6 is 0 Å². The quantitative estimate of drug-likeness (QED) is 0.866. The molecular weight excluding hydrogens is 334 g/mol. The summed E-state index contributed by atoms with van der Waals surface area (Å²) in [5.41, 5.74) is 1.54. The van der Waals surface area contributed by atoms with E-state index in [0.29, 0.717) is 12.5 Å². The van der Waals surface area contributed by atoms with Gasteiger partial charge in [0.05, 0.1) is 6.54 Å². The normalized spacial score (nSPS) is 33.3. The van der Waals surface area contributed by atoms with Crippen LogP contribution in [0.2, 0.25) is 0 Å². The maximum atomic E-state index is 12.8. The van der Waals surface area contributed by atoms with Gasteiger partial charge in [0, 0.05) is 38.3 Å². The zero-order valence-electron chi connectivity index (χ0n) is 17.2. The van der Waals surface area contributed by atoms with Crippen LogP contribution in [0.25, 0.3) is 0 Å². The van der Waals surface area contributed by atoms with Crippen molar-refractivity contribution in [3.63, 3.8) is 0 Å². The van der Waals surface area contributed by atoms with Crippen LogP contribution in [0.4, 0.5) is 0 Å². The highest BCUT2D eigenvalue weighted by Gasteiger charge is 2.60. The third-order valence-corrected chi connectivity index (χ3v) is 8.09. The largest absolute Gasteiger partial charge is 0.349 e. The summed E-state index contributed by atoms with van der Waals surface area (Å²) >= 11 is 0. The van der Waals surface area contributed by atoms with Gasteiger partial charge in [-0.2, -0.15) is 0 Å². The molecule has 2 bridgehead atoms. The van der Waals surface area contributed by atoms with E-state index in [9.17, 15) is 4.79 Å². The molecule has 0 unspecified atom stereocenters. The lowest BCUT2D eigenvalue weighted by Crippen LogP contribution is -2.61. The van der Waals surface area contributed by atoms with E-state index in [2.05, 4.69) is 66.2 Å². The molecule has 27 heavy (non-hydrogen) atoms. The molecule has 2 aliphatic carbocycles. The summed E-state index contributed by atoms with van der Waals surface area (Å²) in [6.45, 7) is 12.6. The molecule has 1 amide bonds. The number of fused-ring (bicyclic) bond motifs is 2. The molecule has 3 aliphatic rings. The van der Waals surface area contributed by atoms with Gasteiger partial charge in [0.1, 0.15) is 0 Å². The first kappa shape index (κ1) is 18.9. The Balaban J connectivity index is 1.26. The maximum absolute atomic E-state index is 12.8. The second-order valence-electron chi connectivity index (χ2n) is 9.72. The van der Waals surface area contributed by atoms with Gasteiger partial charge in [-0.3, -0.25) is 14.6 Å². The zero-order chi connectivity index (χ0) is 19.1. The van der Waals surface area contributed by atoms with Crippen LogP contribution in [0.1, 0.15) is 45.6 Å². The smallest absolute Gasteiger partial charge is 0.234 e. The van der Waals surface area contributed by atoms with Crippen LogP contribution in [-0.2, 0) is 11.3 Å². The fourth-order valence-electron chi connectivity index (χ4n) is 5.85.